The van der Waals surface area contributed by atoms with Crippen molar-refractivity contribution < 1.29 is 14.4 Å². The number of anilines is 1. The number of benzene rings is 3. The van der Waals surface area contributed by atoms with Gasteiger partial charge in [0.1, 0.15) is 6.04 Å². The lowest BCUT2D eigenvalue weighted by Gasteiger charge is -2.24. The lowest BCUT2D eigenvalue weighted by atomic mass is 9.87. The molecule has 0 saturated carbocycles. The van der Waals surface area contributed by atoms with Crippen molar-refractivity contribution >= 4 is 35.1 Å². The number of rotatable bonds is 8. The number of carbonyl (C=O) groups excluding carboxylic acids is 3. The Labute approximate surface area is 211 Å². The molecule has 0 radical (unpaired) electrons. The molecule has 180 valence electrons. The quantitative estimate of drug-likeness (QED) is 0.341. The molecule has 0 aromatic heterocycles. The number of para-hydroxylation sites is 1. The van der Waals surface area contributed by atoms with Crippen molar-refractivity contribution in [3.8, 4) is 0 Å². The smallest absolute Gasteiger partial charge is 0.274 e. The van der Waals surface area contributed by atoms with Crippen LogP contribution in [0, 0.1) is 5.92 Å². The lowest BCUT2D eigenvalue weighted by Crippen LogP contribution is -2.42. The van der Waals surface area contributed by atoms with Gasteiger partial charge in [0, 0.05) is 17.9 Å². The third-order valence-corrected chi connectivity index (χ3v) is 6.54. The van der Waals surface area contributed by atoms with Gasteiger partial charge in [-0.2, -0.15) is 0 Å². The summed E-state index contributed by atoms with van der Waals surface area (Å²) in [6, 6.07) is 24.3. The van der Waals surface area contributed by atoms with E-state index in [-0.39, 0.29) is 30.6 Å². The largest absolute Gasteiger partial charge is 0.338 e. The summed E-state index contributed by atoms with van der Waals surface area (Å²) >= 11 is 6.07. The number of hydrogen-bond donors (Lipinski definition) is 0. The third-order valence-electron chi connectivity index (χ3n) is 6.29. The zero-order chi connectivity index (χ0) is 24.9. The number of urea groups is 1. The Kier molecular flexibility index (Phi) is 7.67. The minimum Gasteiger partial charge on any atom is -0.274 e. The number of nitrogens with zero attached hydrogens (tertiary/aromatic N) is 2. The van der Waals surface area contributed by atoms with Crippen LogP contribution >= 0.6 is 11.6 Å². The van der Waals surface area contributed by atoms with Crippen LogP contribution in [0.4, 0.5) is 10.5 Å². The second kappa shape index (κ2) is 10.9. The van der Waals surface area contributed by atoms with Crippen LogP contribution in [0.3, 0.4) is 0 Å². The van der Waals surface area contributed by atoms with Gasteiger partial charge in [-0.3, -0.25) is 14.5 Å². The molecule has 2 atom stereocenters. The molecule has 6 heteroatoms. The van der Waals surface area contributed by atoms with E-state index in [1.807, 2.05) is 60.7 Å². The molecule has 1 fully saturated rings. The minimum absolute atomic E-state index is 0.0918. The van der Waals surface area contributed by atoms with Gasteiger partial charge in [-0.1, -0.05) is 86.1 Å². The van der Waals surface area contributed by atoms with Crippen molar-refractivity contribution in [1.82, 2.24) is 4.90 Å². The maximum Gasteiger partial charge on any atom is 0.338 e. The van der Waals surface area contributed by atoms with Gasteiger partial charge in [-0.05, 0) is 53.6 Å². The van der Waals surface area contributed by atoms with Gasteiger partial charge in [0.05, 0.1) is 5.69 Å². The Morgan fingerprint density at radius 1 is 0.886 bits per heavy atom. The average molecular weight is 489 g/mol. The first kappa shape index (κ1) is 24.7. The summed E-state index contributed by atoms with van der Waals surface area (Å²) in [7, 11) is 0. The van der Waals surface area contributed by atoms with Gasteiger partial charge in [-0.25, -0.2) is 9.69 Å². The predicted octanol–water partition coefficient (Wildman–Crippen LogP) is 6.47. The summed E-state index contributed by atoms with van der Waals surface area (Å²) in [6.45, 7) is 4.21. The summed E-state index contributed by atoms with van der Waals surface area (Å²) in [5.74, 6) is -0.472. The molecule has 35 heavy (non-hydrogen) atoms. The molecule has 0 N–H and O–H groups in total. The van der Waals surface area contributed by atoms with Crippen LogP contribution < -0.4 is 4.90 Å². The minimum atomic E-state index is -0.887. The molecule has 5 nitrogen and oxygen atoms in total. The fraction of sp³-hybridized carbons (Fsp3) is 0.276. The Bertz CT molecular complexity index is 1180. The van der Waals surface area contributed by atoms with Gasteiger partial charge < -0.3 is 0 Å². The second-order valence-electron chi connectivity index (χ2n) is 9.34. The number of carbonyl (C=O) groups is 3. The predicted molar refractivity (Wildman–Crippen MR) is 138 cm³/mol. The van der Waals surface area contributed by atoms with Crippen molar-refractivity contribution in [2.75, 3.05) is 4.90 Å². The normalized spacial score (nSPS) is 16.7. The Hall–Kier alpha value is -3.44. The topological polar surface area (TPSA) is 57.7 Å². The van der Waals surface area contributed by atoms with E-state index in [4.69, 9.17) is 11.6 Å². The highest BCUT2D eigenvalue weighted by molar-refractivity contribution is 6.30. The molecule has 3 aromatic carbocycles. The molecule has 0 unspecified atom stereocenters. The van der Waals surface area contributed by atoms with Crippen LogP contribution in [0.1, 0.15) is 43.7 Å². The zero-order valence-corrected chi connectivity index (χ0v) is 20.7. The van der Waals surface area contributed by atoms with Crippen LogP contribution in [0.15, 0.2) is 84.9 Å². The van der Waals surface area contributed by atoms with Gasteiger partial charge >= 0.3 is 6.03 Å². The summed E-state index contributed by atoms with van der Waals surface area (Å²) in [5.41, 5.74) is 2.35. The maximum atomic E-state index is 13.7. The van der Waals surface area contributed by atoms with E-state index >= 15 is 0 Å². The summed E-state index contributed by atoms with van der Waals surface area (Å²) in [4.78, 5) is 43.1. The van der Waals surface area contributed by atoms with Crippen LogP contribution in [-0.4, -0.2) is 28.8 Å². The molecule has 4 rings (SSSR count). The standard InChI is InChI=1S/C29H29ClN2O3/c1-20(2)17-23(22-13-15-24(30)16-14-22)19-27(33)32-26(18-21-9-5-3-6-10-21)28(34)31(29(32)35)25-11-7-4-8-12-25/h3-16,20,23,26H,17-19H2,1-2H3/t23-,26-/m0/s1. The molecule has 1 saturated heterocycles. The summed E-state index contributed by atoms with van der Waals surface area (Å²) < 4.78 is 0. The van der Waals surface area contributed by atoms with E-state index < -0.39 is 12.1 Å². The molecule has 3 aromatic rings. The lowest BCUT2D eigenvalue weighted by molar-refractivity contribution is -0.133. The van der Waals surface area contributed by atoms with Gasteiger partial charge in [0.15, 0.2) is 0 Å². The van der Waals surface area contributed by atoms with Gasteiger partial charge in [0.25, 0.3) is 5.91 Å². The van der Waals surface area contributed by atoms with Crippen molar-refractivity contribution in [2.24, 2.45) is 5.92 Å². The number of hydrogen-bond acceptors (Lipinski definition) is 3. The summed E-state index contributed by atoms with van der Waals surface area (Å²) in [5, 5.41) is 0.630. The first-order chi connectivity index (χ1) is 16.8. The van der Waals surface area contributed by atoms with E-state index in [1.165, 1.54) is 4.90 Å². The first-order valence-corrected chi connectivity index (χ1v) is 12.3. The fourth-order valence-electron chi connectivity index (χ4n) is 4.66. The van der Waals surface area contributed by atoms with E-state index in [9.17, 15) is 14.4 Å². The molecule has 1 heterocycles. The van der Waals surface area contributed by atoms with Crippen molar-refractivity contribution in [2.45, 2.75) is 45.1 Å². The maximum absolute atomic E-state index is 13.7. The highest BCUT2D eigenvalue weighted by Crippen LogP contribution is 2.32. The molecular weight excluding hydrogens is 460 g/mol. The molecule has 1 aliphatic rings. The molecule has 1 aliphatic heterocycles. The van der Waals surface area contributed by atoms with Gasteiger partial charge in [-0.15, -0.1) is 0 Å². The highest BCUT2D eigenvalue weighted by atomic mass is 35.5. The molecular formula is C29H29ClN2O3. The van der Waals surface area contributed by atoms with Crippen molar-refractivity contribution in [3.63, 3.8) is 0 Å². The number of amides is 4. The van der Waals surface area contributed by atoms with Crippen LogP contribution in [0.5, 0.6) is 0 Å². The Morgan fingerprint density at radius 2 is 1.49 bits per heavy atom. The number of imide groups is 2. The zero-order valence-electron chi connectivity index (χ0n) is 19.9. The SMILES string of the molecule is CC(C)C[C@@H](CC(=O)N1C(=O)N(c2ccccc2)C(=O)[C@@H]1Cc1ccccc1)c1ccc(Cl)cc1. The third kappa shape index (κ3) is 5.63. The van der Waals surface area contributed by atoms with Crippen LogP contribution in [-0.2, 0) is 16.0 Å². The summed E-state index contributed by atoms with van der Waals surface area (Å²) in [6.07, 6.45) is 1.18. The van der Waals surface area contributed by atoms with E-state index in [0.717, 1.165) is 22.4 Å². The fourth-order valence-corrected chi connectivity index (χ4v) is 4.78. The van der Waals surface area contributed by atoms with E-state index in [0.29, 0.717) is 16.6 Å². The molecule has 0 aliphatic carbocycles. The van der Waals surface area contributed by atoms with Gasteiger partial charge in [0.2, 0.25) is 5.91 Å². The van der Waals surface area contributed by atoms with Crippen LogP contribution in [0.2, 0.25) is 5.02 Å². The molecule has 0 spiro atoms. The molecule has 0 bridgehead atoms. The first-order valence-electron chi connectivity index (χ1n) is 11.9. The molecule has 4 amide bonds. The Balaban J connectivity index is 1.66. The van der Waals surface area contributed by atoms with Crippen molar-refractivity contribution in [3.05, 3.63) is 101 Å². The van der Waals surface area contributed by atoms with Crippen LogP contribution in [0.25, 0.3) is 0 Å². The monoisotopic (exact) mass is 488 g/mol. The van der Waals surface area contributed by atoms with E-state index in [1.54, 1.807) is 24.3 Å². The van der Waals surface area contributed by atoms with Crippen molar-refractivity contribution in [1.29, 1.82) is 0 Å². The average Bonchev–Trinajstić information content (AvgIpc) is 3.09. The number of halogens is 1. The Morgan fingerprint density at radius 3 is 2.09 bits per heavy atom. The van der Waals surface area contributed by atoms with E-state index in [2.05, 4.69) is 13.8 Å². The second-order valence-corrected chi connectivity index (χ2v) is 9.78. The highest BCUT2D eigenvalue weighted by Gasteiger charge is 2.49.